The van der Waals surface area contributed by atoms with E-state index < -0.39 is 0 Å². The Kier molecular flexibility index (Phi) is 23.3. The molecule has 0 amide bonds. The summed E-state index contributed by atoms with van der Waals surface area (Å²) in [6.07, 6.45) is 10.4. The van der Waals surface area contributed by atoms with Gasteiger partial charge in [0, 0.05) is 6.61 Å². The molecule has 0 saturated heterocycles. The number of aliphatic hydroxyl groups excluding tert-OH is 1. The normalized spacial score (nSPS) is 9.75. The minimum Gasteiger partial charge on any atom is -0.396 e. The molecule has 0 fully saturated rings. The van der Waals surface area contributed by atoms with Gasteiger partial charge in [0.25, 0.3) is 0 Å². The summed E-state index contributed by atoms with van der Waals surface area (Å²) in [5, 5.41) is 11.4. The van der Waals surface area contributed by atoms with Crippen molar-refractivity contribution in [3.8, 4) is 0 Å². The van der Waals surface area contributed by atoms with Gasteiger partial charge in [0.15, 0.2) is 0 Å². The van der Waals surface area contributed by atoms with Crippen LogP contribution in [0.25, 0.3) is 0 Å². The summed E-state index contributed by atoms with van der Waals surface area (Å²) in [5.74, 6) is 0. The highest BCUT2D eigenvalue weighted by Gasteiger charge is 1.88. The van der Waals surface area contributed by atoms with Crippen LogP contribution in [0.15, 0.2) is 0 Å². The number of rotatable bonds is 10. The van der Waals surface area contributed by atoms with E-state index in [1.807, 2.05) is 0 Å². The zero-order valence-electron chi connectivity index (χ0n) is 11.7. The van der Waals surface area contributed by atoms with E-state index in [0.717, 1.165) is 19.4 Å². The summed E-state index contributed by atoms with van der Waals surface area (Å²) in [4.78, 5) is 0. The lowest BCUT2D eigenvalue weighted by Crippen LogP contribution is -2.13. The predicted octanol–water partition coefficient (Wildman–Crippen LogP) is 3.74. The molecule has 0 bridgehead atoms. The molecule has 0 rings (SSSR count). The molecule has 16 heavy (non-hydrogen) atoms. The average molecular weight is 231 g/mol. The first-order chi connectivity index (χ1) is 7.83. The highest BCUT2D eigenvalue weighted by molar-refractivity contribution is 4.46. The van der Waals surface area contributed by atoms with Gasteiger partial charge < -0.3 is 10.4 Å². The van der Waals surface area contributed by atoms with E-state index in [-0.39, 0.29) is 0 Å². The second-order valence-electron chi connectivity index (χ2n) is 4.20. The molecule has 2 heteroatoms. The first-order valence-electron chi connectivity index (χ1n) is 7.14. The lowest BCUT2D eigenvalue weighted by molar-refractivity contribution is 0.287. The standard InChI is InChI=1S/C10H23N.C4H10O/c1-3-5-6-7-8-9-10-11-4-2;1-2-3-4-5/h11H,3-10H2,1-2H3;5H,2-4H2,1H3. The van der Waals surface area contributed by atoms with Crippen LogP contribution in [0.1, 0.15) is 72.1 Å². The van der Waals surface area contributed by atoms with E-state index in [0.29, 0.717) is 6.61 Å². The molecule has 0 aromatic rings. The van der Waals surface area contributed by atoms with E-state index in [1.54, 1.807) is 0 Å². The Morgan fingerprint density at radius 1 is 0.750 bits per heavy atom. The quantitative estimate of drug-likeness (QED) is 0.561. The lowest BCUT2D eigenvalue weighted by atomic mass is 10.1. The number of aliphatic hydroxyl groups is 1. The summed E-state index contributed by atoms with van der Waals surface area (Å²) in [5.41, 5.74) is 0. The van der Waals surface area contributed by atoms with Crippen LogP contribution in [-0.2, 0) is 0 Å². The van der Waals surface area contributed by atoms with Gasteiger partial charge in [-0.1, -0.05) is 59.3 Å². The Morgan fingerprint density at radius 3 is 1.75 bits per heavy atom. The van der Waals surface area contributed by atoms with Crippen molar-refractivity contribution in [2.45, 2.75) is 72.1 Å². The van der Waals surface area contributed by atoms with Gasteiger partial charge in [-0.05, 0) is 25.9 Å². The Morgan fingerprint density at radius 2 is 1.31 bits per heavy atom. The third-order valence-electron chi connectivity index (χ3n) is 2.47. The maximum absolute atomic E-state index is 8.07. The average Bonchev–Trinajstić information content (AvgIpc) is 2.30. The van der Waals surface area contributed by atoms with Gasteiger partial charge in [-0.25, -0.2) is 0 Å². The molecule has 0 atom stereocenters. The fourth-order valence-electron chi connectivity index (χ4n) is 1.37. The predicted molar refractivity (Wildman–Crippen MR) is 73.9 cm³/mol. The van der Waals surface area contributed by atoms with E-state index in [2.05, 4.69) is 26.1 Å². The number of hydrogen-bond donors (Lipinski definition) is 2. The van der Waals surface area contributed by atoms with Crippen LogP contribution in [0.5, 0.6) is 0 Å². The van der Waals surface area contributed by atoms with Crippen molar-refractivity contribution in [3.05, 3.63) is 0 Å². The fourth-order valence-corrected chi connectivity index (χ4v) is 1.37. The maximum atomic E-state index is 8.07. The smallest absolute Gasteiger partial charge is 0.0430 e. The van der Waals surface area contributed by atoms with Gasteiger partial charge in [0.2, 0.25) is 0 Å². The molecule has 0 heterocycles. The highest BCUT2D eigenvalue weighted by Crippen LogP contribution is 2.03. The van der Waals surface area contributed by atoms with Crippen molar-refractivity contribution in [2.24, 2.45) is 0 Å². The lowest BCUT2D eigenvalue weighted by Gasteiger charge is -2.00. The van der Waals surface area contributed by atoms with E-state index in [9.17, 15) is 0 Å². The van der Waals surface area contributed by atoms with Crippen molar-refractivity contribution < 1.29 is 5.11 Å². The first-order valence-corrected chi connectivity index (χ1v) is 7.14. The van der Waals surface area contributed by atoms with Crippen LogP contribution in [0.4, 0.5) is 0 Å². The summed E-state index contributed by atoms with van der Waals surface area (Å²) in [6, 6.07) is 0. The maximum Gasteiger partial charge on any atom is 0.0430 e. The van der Waals surface area contributed by atoms with Gasteiger partial charge in [0.1, 0.15) is 0 Å². The molecule has 0 aliphatic rings. The first kappa shape index (κ1) is 18.3. The Bertz CT molecular complexity index is 86.7. The number of hydrogen-bond acceptors (Lipinski definition) is 2. The summed E-state index contributed by atoms with van der Waals surface area (Å²) >= 11 is 0. The fraction of sp³-hybridized carbons (Fsp3) is 1.00. The molecule has 0 aliphatic carbocycles. The van der Waals surface area contributed by atoms with Gasteiger partial charge >= 0.3 is 0 Å². The van der Waals surface area contributed by atoms with Gasteiger partial charge in [0.05, 0.1) is 0 Å². The SMILES string of the molecule is CCCCCCCCNCC.CCCCO. The second-order valence-corrected chi connectivity index (χ2v) is 4.20. The molecule has 2 N–H and O–H groups in total. The molecule has 0 aromatic heterocycles. The van der Waals surface area contributed by atoms with Crippen LogP contribution in [0, 0.1) is 0 Å². The van der Waals surface area contributed by atoms with E-state index in [1.165, 1.54) is 45.1 Å². The van der Waals surface area contributed by atoms with Crippen LogP contribution < -0.4 is 5.32 Å². The van der Waals surface area contributed by atoms with Crippen molar-refractivity contribution in [1.29, 1.82) is 0 Å². The molecule has 0 spiro atoms. The van der Waals surface area contributed by atoms with Gasteiger partial charge in [-0.15, -0.1) is 0 Å². The van der Waals surface area contributed by atoms with Crippen molar-refractivity contribution in [3.63, 3.8) is 0 Å². The van der Waals surface area contributed by atoms with Crippen molar-refractivity contribution in [1.82, 2.24) is 5.32 Å². The molecule has 100 valence electrons. The van der Waals surface area contributed by atoms with E-state index >= 15 is 0 Å². The zero-order valence-corrected chi connectivity index (χ0v) is 11.7. The van der Waals surface area contributed by atoms with Crippen LogP contribution in [-0.4, -0.2) is 24.8 Å². The van der Waals surface area contributed by atoms with Crippen LogP contribution in [0.2, 0.25) is 0 Å². The number of unbranched alkanes of at least 4 members (excludes halogenated alkanes) is 6. The molecule has 0 aliphatic heterocycles. The Labute approximate surface area is 103 Å². The molecular weight excluding hydrogens is 198 g/mol. The van der Waals surface area contributed by atoms with E-state index in [4.69, 9.17) is 5.11 Å². The molecule has 0 saturated carbocycles. The van der Waals surface area contributed by atoms with Gasteiger partial charge in [-0.3, -0.25) is 0 Å². The monoisotopic (exact) mass is 231 g/mol. The third-order valence-corrected chi connectivity index (χ3v) is 2.47. The number of nitrogens with one attached hydrogen (secondary N) is 1. The van der Waals surface area contributed by atoms with Gasteiger partial charge in [-0.2, -0.15) is 0 Å². The summed E-state index contributed by atoms with van der Waals surface area (Å²) < 4.78 is 0. The molecular formula is C14H33NO. The van der Waals surface area contributed by atoms with Crippen LogP contribution >= 0.6 is 0 Å². The topological polar surface area (TPSA) is 32.3 Å². The zero-order chi connectivity index (χ0) is 12.5. The third kappa shape index (κ3) is 23.6. The molecule has 0 aromatic carbocycles. The summed E-state index contributed by atoms with van der Waals surface area (Å²) in [6.45, 7) is 9.15. The molecule has 0 radical (unpaired) electrons. The van der Waals surface area contributed by atoms with Crippen molar-refractivity contribution >= 4 is 0 Å². The van der Waals surface area contributed by atoms with Crippen molar-refractivity contribution in [2.75, 3.05) is 19.7 Å². The minimum absolute atomic E-state index is 0.344. The minimum atomic E-state index is 0.344. The van der Waals surface area contributed by atoms with Crippen LogP contribution in [0.3, 0.4) is 0 Å². The second kappa shape index (κ2) is 20.3. The Balaban J connectivity index is 0. The Hall–Kier alpha value is -0.0800. The molecule has 2 nitrogen and oxygen atoms in total. The molecule has 0 unspecified atom stereocenters. The highest BCUT2D eigenvalue weighted by atomic mass is 16.2. The summed E-state index contributed by atoms with van der Waals surface area (Å²) in [7, 11) is 0. The largest absolute Gasteiger partial charge is 0.396 e.